The second kappa shape index (κ2) is 11.8. The predicted molar refractivity (Wildman–Crippen MR) is 150 cm³/mol. The number of hydrogen-bond acceptors (Lipinski definition) is 8. The molecule has 1 aromatic heterocycles. The summed E-state index contributed by atoms with van der Waals surface area (Å²) < 4.78 is 24.6. The molecule has 0 saturated heterocycles. The van der Waals surface area contributed by atoms with E-state index in [0.29, 0.717) is 59.5 Å². The van der Waals surface area contributed by atoms with E-state index in [1.165, 1.54) is 30.1 Å². The average molecular weight is 622 g/mol. The molecule has 0 aliphatic carbocycles. The van der Waals surface area contributed by atoms with Crippen molar-refractivity contribution in [3.63, 3.8) is 0 Å². The zero-order chi connectivity index (χ0) is 27.6. The van der Waals surface area contributed by atoms with Crippen LogP contribution in [0.4, 0.5) is 0 Å². The Hall–Kier alpha value is -3.08. The van der Waals surface area contributed by atoms with Gasteiger partial charge in [0.2, 0.25) is 0 Å². The maximum absolute atomic E-state index is 13.9. The van der Waals surface area contributed by atoms with Gasteiger partial charge in [-0.1, -0.05) is 38.9 Å². The molecule has 1 atom stereocenters. The molecule has 0 fully saturated rings. The van der Waals surface area contributed by atoms with Crippen LogP contribution in [-0.4, -0.2) is 38.0 Å². The first-order valence-corrected chi connectivity index (χ1v) is 13.8. The number of ether oxygens (including phenoxy) is 4. The van der Waals surface area contributed by atoms with E-state index in [9.17, 15) is 9.59 Å². The van der Waals surface area contributed by atoms with Crippen LogP contribution in [0.15, 0.2) is 55.9 Å². The third kappa shape index (κ3) is 5.25. The molecule has 200 valence electrons. The third-order valence-electron chi connectivity index (χ3n) is 5.87. The fourth-order valence-corrected chi connectivity index (χ4v) is 5.98. The van der Waals surface area contributed by atoms with Crippen LogP contribution in [0.1, 0.15) is 37.9 Å². The van der Waals surface area contributed by atoms with Crippen molar-refractivity contribution in [2.45, 2.75) is 26.8 Å². The van der Waals surface area contributed by atoms with Crippen LogP contribution in [0.5, 0.6) is 17.2 Å². The van der Waals surface area contributed by atoms with E-state index in [1.807, 2.05) is 6.92 Å². The van der Waals surface area contributed by atoms with Crippen LogP contribution >= 0.6 is 38.9 Å². The van der Waals surface area contributed by atoms with E-state index in [4.69, 9.17) is 30.5 Å². The first-order valence-electron chi connectivity index (χ1n) is 11.8. The van der Waals surface area contributed by atoms with Gasteiger partial charge in [0.05, 0.1) is 49.3 Å². The fourth-order valence-electron chi connectivity index (χ4n) is 4.23. The minimum atomic E-state index is -0.827. The largest absolute Gasteiger partial charge is 0.493 e. The molecule has 4 rings (SSSR count). The van der Waals surface area contributed by atoms with Crippen LogP contribution in [-0.2, 0) is 9.53 Å². The summed E-state index contributed by atoms with van der Waals surface area (Å²) in [7, 11) is 3.06. The maximum Gasteiger partial charge on any atom is 0.338 e. The van der Waals surface area contributed by atoms with E-state index in [0.717, 1.165) is 0 Å². The Bertz CT molecular complexity index is 1610. The molecule has 0 amide bonds. The van der Waals surface area contributed by atoms with E-state index < -0.39 is 12.0 Å². The van der Waals surface area contributed by atoms with E-state index in [1.54, 1.807) is 50.3 Å². The number of allylic oxidation sites excluding steroid dienone is 1. The number of fused-ring (bicyclic) bond motifs is 1. The smallest absolute Gasteiger partial charge is 0.338 e. The molecule has 2 aromatic carbocycles. The van der Waals surface area contributed by atoms with Crippen LogP contribution in [0.25, 0.3) is 6.08 Å². The van der Waals surface area contributed by atoms with Gasteiger partial charge < -0.3 is 18.9 Å². The van der Waals surface area contributed by atoms with Gasteiger partial charge in [-0.2, -0.15) is 0 Å². The molecule has 3 aromatic rings. The number of methoxy groups -OCH3 is 2. The summed E-state index contributed by atoms with van der Waals surface area (Å²) in [5.41, 5.74) is 1.68. The number of esters is 1. The zero-order valence-corrected chi connectivity index (χ0v) is 24.6. The van der Waals surface area contributed by atoms with E-state index in [2.05, 4.69) is 20.9 Å². The lowest BCUT2D eigenvalue weighted by Gasteiger charge is -2.26. The van der Waals surface area contributed by atoms with Gasteiger partial charge in [-0.25, -0.2) is 9.79 Å². The van der Waals surface area contributed by atoms with Crippen molar-refractivity contribution in [1.29, 1.82) is 0 Å². The average Bonchev–Trinajstić information content (AvgIpc) is 3.19. The normalized spacial score (nSPS) is 15.1. The lowest BCUT2D eigenvalue weighted by atomic mass is 9.95. The Morgan fingerprint density at radius 1 is 1.13 bits per heavy atom. The Balaban J connectivity index is 2.02. The molecule has 0 N–H and O–H groups in total. The monoisotopic (exact) mass is 620 g/mol. The lowest BCUT2D eigenvalue weighted by Crippen LogP contribution is -2.40. The molecule has 0 radical (unpaired) electrons. The molecule has 38 heavy (non-hydrogen) atoms. The van der Waals surface area contributed by atoms with E-state index >= 15 is 0 Å². The fraction of sp³-hybridized carbons (Fsp3) is 0.296. The molecule has 0 bridgehead atoms. The van der Waals surface area contributed by atoms with Crippen LogP contribution in [0.3, 0.4) is 0 Å². The number of nitrogens with zero attached hydrogens (tertiary/aromatic N) is 2. The Kier molecular flexibility index (Phi) is 8.64. The minimum absolute atomic E-state index is 0.175. The van der Waals surface area contributed by atoms with Crippen molar-refractivity contribution < 1.29 is 23.7 Å². The molecule has 0 spiro atoms. The van der Waals surface area contributed by atoms with Gasteiger partial charge in [-0.3, -0.25) is 9.36 Å². The Morgan fingerprint density at radius 3 is 2.50 bits per heavy atom. The number of carbonyl (C=O) groups is 1. The van der Waals surface area contributed by atoms with Gasteiger partial charge in [0.15, 0.2) is 16.3 Å². The molecule has 0 unspecified atom stereocenters. The third-order valence-corrected chi connectivity index (χ3v) is 7.78. The number of thiazole rings is 1. The highest BCUT2D eigenvalue weighted by atomic mass is 79.9. The topological polar surface area (TPSA) is 88.4 Å². The summed E-state index contributed by atoms with van der Waals surface area (Å²) >= 11 is 11.1. The standard InChI is InChI=1S/C27H26BrClN2O6S/c1-6-36-19-9-8-16(29)10-15(19)11-22-25(32)31-24(17-12-20(34-4)21(35-5)13-18(17)28)23(26(33)37-7-2)14(3)30-27(31)38-22/h8-13,24H,6-7H2,1-5H3/b22-11-/t24-/m0/s1. The Labute approximate surface area is 236 Å². The zero-order valence-electron chi connectivity index (χ0n) is 21.5. The quantitative estimate of drug-likeness (QED) is 0.341. The summed E-state index contributed by atoms with van der Waals surface area (Å²) in [4.78, 5) is 32.2. The lowest BCUT2D eigenvalue weighted by molar-refractivity contribution is -0.139. The van der Waals surface area contributed by atoms with Crippen molar-refractivity contribution in [2.24, 2.45) is 4.99 Å². The second-order valence-corrected chi connectivity index (χ2v) is 10.4. The Morgan fingerprint density at radius 2 is 1.84 bits per heavy atom. The van der Waals surface area contributed by atoms with Crippen LogP contribution in [0, 0.1) is 0 Å². The van der Waals surface area contributed by atoms with Gasteiger partial charge in [0.25, 0.3) is 5.56 Å². The summed E-state index contributed by atoms with van der Waals surface area (Å²) in [5.74, 6) is 0.998. The van der Waals surface area contributed by atoms with Gasteiger partial charge >= 0.3 is 5.97 Å². The summed E-state index contributed by atoms with van der Waals surface area (Å²) in [6.45, 7) is 5.97. The first kappa shape index (κ1) is 27.9. The van der Waals surface area contributed by atoms with Gasteiger partial charge in [0.1, 0.15) is 5.75 Å². The number of halogens is 2. The second-order valence-electron chi connectivity index (χ2n) is 8.15. The number of aromatic nitrogens is 1. The molecule has 1 aliphatic heterocycles. The van der Waals surface area contributed by atoms with Gasteiger partial charge in [-0.15, -0.1) is 0 Å². The molecule has 11 heteroatoms. The van der Waals surface area contributed by atoms with Crippen molar-refractivity contribution >= 4 is 50.9 Å². The van der Waals surface area contributed by atoms with E-state index in [-0.39, 0.29) is 17.7 Å². The highest BCUT2D eigenvalue weighted by Gasteiger charge is 2.35. The van der Waals surface area contributed by atoms with Gasteiger partial charge in [0, 0.05) is 15.1 Å². The number of benzene rings is 2. The maximum atomic E-state index is 13.9. The number of rotatable bonds is 8. The molecule has 0 saturated carbocycles. The van der Waals surface area contributed by atoms with Crippen molar-refractivity contribution in [1.82, 2.24) is 4.57 Å². The van der Waals surface area contributed by atoms with Crippen molar-refractivity contribution in [3.05, 3.63) is 81.9 Å². The summed E-state index contributed by atoms with van der Waals surface area (Å²) in [6.07, 6.45) is 1.73. The highest BCUT2D eigenvalue weighted by Crippen LogP contribution is 2.40. The summed E-state index contributed by atoms with van der Waals surface area (Å²) in [6, 6.07) is 7.89. The molecule has 8 nitrogen and oxygen atoms in total. The van der Waals surface area contributed by atoms with Crippen molar-refractivity contribution in [3.8, 4) is 17.2 Å². The predicted octanol–water partition coefficient (Wildman–Crippen LogP) is 4.63. The number of hydrogen-bond donors (Lipinski definition) is 0. The summed E-state index contributed by atoms with van der Waals surface area (Å²) in [5, 5.41) is 0.514. The molecular formula is C27H26BrClN2O6S. The molecular weight excluding hydrogens is 596 g/mol. The number of carbonyl (C=O) groups excluding carboxylic acids is 1. The van der Waals surface area contributed by atoms with Crippen molar-refractivity contribution in [2.75, 3.05) is 27.4 Å². The SMILES string of the molecule is CCOC(=O)C1=C(C)N=c2s/c(=C\c3cc(Cl)ccc3OCC)c(=O)n2[C@H]1c1cc(OC)c(OC)cc1Br. The van der Waals surface area contributed by atoms with Crippen LogP contribution < -0.4 is 29.1 Å². The van der Waals surface area contributed by atoms with Gasteiger partial charge in [-0.05, 0) is 62.7 Å². The minimum Gasteiger partial charge on any atom is -0.493 e. The van der Waals surface area contributed by atoms with Crippen LogP contribution in [0.2, 0.25) is 5.02 Å². The highest BCUT2D eigenvalue weighted by molar-refractivity contribution is 9.10. The first-order chi connectivity index (χ1) is 18.2. The molecule has 1 aliphatic rings. The molecule has 2 heterocycles.